The summed E-state index contributed by atoms with van der Waals surface area (Å²) in [6.07, 6.45) is 2.73. The maximum atomic E-state index is 13.7. The summed E-state index contributed by atoms with van der Waals surface area (Å²) >= 11 is 1.47. The number of morpholine rings is 1. The Morgan fingerprint density at radius 1 is 1.15 bits per heavy atom. The summed E-state index contributed by atoms with van der Waals surface area (Å²) in [5.74, 6) is -0.338. The molecule has 1 aromatic heterocycles. The van der Waals surface area contributed by atoms with E-state index in [-0.39, 0.29) is 16.4 Å². The van der Waals surface area contributed by atoms with E-state index in [2.05, 4.69) is 17.9 Å². The third kappa shape index (κ3) is 5.43. The number of carbonyl (C=O) groups excluding carboxylic acids is 1. The van der Waals surface area contributed by atoms with Gasteiger partial charge in [-0.05, 0) is 36.6 Å². The number of para-hydroxylation sites is 1. The second kappa shape index (κ2) is 10.3. The highest BCUT2D eigenvalue weighted by Crippen LogP contribution is 2.32. The predicted molar refractivity (Wildman–Crippen MR) is 132 cm³/mol. The van der Waals surface area contributed by atoms with Gasteiger partial charge in [-0.25, -0.2) is 13.4 Å². The van der Waals surface area contributed by atoms with Gasteiger partial charge in [0.05, 0.1) is 33.9 Å². The van der Waals surface area contributed by atoms with Crippen molar-refractivity contribution in [3.05, 3.63) is 53.6 Å². The molecule has 4 rings (SSSR count). The number of aromatic nitrogens is 1. The molecule has 0 radical (unpaired) electrons. The average Bonchev–Trinajstić information content (AvgIpc) is 3.25. The van der Waals surface area contributed by atoms with E-state index < -0.39 is 9.84 Å². The summed E-state index contributed by atoms with van der Waals surface area (Å²) in [5, 5.41) is 0.598. The molecule has 7 nitrogen and oxygen atoms in total. The molecule has 0 aliphatic carbocycles. The van der Waals surface area contributed by atoms with Crippen molar-refractivity contribution in [1.82, 2.24) is 9.88 Å². The number of amides is 1. The Bertz CT molecular complexity index is 1230. The number of fused-ring (bicyclic) bond motifs is 1. The van der Waals surface area contributed by atoms with Gasteiger partial charge in [0.1, 0.15) is 0 Å². The van der Waals surface area contributed by atoms with Crippen molar-refractivity contribution >= 4 is 42.4 Å². The van der Waals surface area contributed by atoms with Crippen molar-refractivity contribution in [1.29, 1.82) is 0 Å². The standard InChI is InChI=1S/C24H29N3O4S2/c1-3-18-8-6-10-20-22(18)25-24(32-20)27(13-7-12-26-14-16-31-17-15-26)23(28)19-9-4-5-11-21(19)33(2,29)30/h4-6,8-11H,3,7,12-17H2,1-2H3. The van der Waals surface area contributed by atoms with Crippen LogP contribution in [0.4, 0.5) is 5.13 Å². The smallest absolute Gasteiger partial charge is 0.261 e. The summed E-state index contributed by atoms with van der Waals surface area (Å²) < 4.78 is 31.2. The molecule has 1 aliphatic heterocycles. The minimum Gasteiger partial charge on any atom is -0.379 e. The Labute approximate surface area is 198 Å². The quantitative estimate of drug-likeness (QED) is 0.483. The number of nitrogens with zero attached hydrogens (tertiary/aromatic N) is 3. The number of benzene rings is 2. The summed E-state index contributed by atoms with van der Waals surface area (Å²) in [6.45, 7) is 6.59. The molecule has 1 aliphatic rings. The number of carbonyl (C=O) groups is 1. The molecule has 176 valence electrons. The molecular formula is C24H29N3O4S2. The number of rotatable bonds is 8. The second-order valence-corrected chi connectivity index (χ2v) is 11.1. The molecule has 2 heterocycles. The highest BCUT2D eigenvalue weighted by Gasteiger charge is 2.26. The van der Waals surface area contributed by atoms with Crippen LogP contribution in [0.5, 0.6) is 0 Å². The molecule has 1 saturated heterocycles. The first-order valence-corrected chi connectivity index (χ1v) is 13.9. The van der Waals surface area contributed by atoms with Crippen LogP contribution in [0.1, 0.15) is 29.3 Å². The van der Waals surface area contributed by atoms with E-state index in [1.54, 1.807) is 23.1 Å². The Morgan fingerprint density at radius 2 is 1.91 bits per heavy atom. The summed E-state index contributed by atoms with van der Waals surface area (Å²) in [7, 11) is -3.55. The van der Waals surface area contributed by atoms with E-state index in [1.165, 1.54) is 17.4 Å². The van der Waals surface area contributed by atoms with Gasteiger partial charge < -0.3 is 4.74 Å². The molecule has 1 fully saturated rings. The van der Waals surface area contributed by atoms with Crippen molar-refractivity contribution in [3.63, 3.8) is 0 Å². The highest BCUT2D eigenvalue weighted by molar-refractivity contribution is 7.90. The fourth-order valence-corrected chi connectivity index (χ4v) is 5.99. The van der Waals surface area contributed by atoms with E-state index in [0.717, 1.165) is 67.7 Å². The summed E-state index contributed by atoms with van der Waals surface area (Å²) in [4.78, 5) is 22.6. The number of ether oxygens (including phenoxy) is 1. The number of thiazole rings is 1. The van der Waals surface area contributed by atoms with Gasteiger partial charge in [-0.3, -0.25) is 14.6 Å². The zero-order chi connectivity index (χ0) is 23.4. The maximum absolute atomic E-state index is 13.7. The van der Waals surface area contributed by atoms with E-state index >= 15 is 0 Å². The van der Waals surface area contributed by atoms with Crippen molar-refractivity contribution in [2.75, 3.05) is 50.5 Å². The minimum atomic E-state index is -3.55. The predicted octanol–water partition coefficient (Wildman–Crippen LogP) is 3.63. The molecule has 0 spiro atoms. The van der Waals surface area contributed by atoms with Gasteiger partial charge in [0, 0.05) is 32.4 Å². The van der Waals surface area contributed by atoms with Crippen LogP contribution >= 0.6 is 11.3 Å². The third-order valence-electron chi connectivity index (χ3n) is 5.82. The van der Waals surface area contributed by atoms with Crippen molar-refractivity contribution in [3.8, 4) is 0 Å². The zero-order valence-electron chi connectivity index (χ0n) is 19.0. The molecule has 9 heteroatoms. The number of hydrogen-bond donors (Lipinski definition) is 0. The van der Waals surface area contributed by atoms with Crippen molar-refractivity contribution < 1.29 is 17.9 Å². The van der Waals surface area contributed by atoms with Gasteiger partial charge in [0.25, 0.3) is 5.91 Å². The second-order valence-electron chi connectivity index (χ2n) is 8.15. The first kappa shape index (κ1) is 23.8. The van der Waals surface area contributed by atoms with Crippen LogP contribution in [0.3, 0.4) is 0 Å². The van der Waals surface area contributed by atoms with Crippen LogP contribution in [0.15, 0.2) is 47.4 Å². The van der Waals surface area contributed by atoms with Gasteiger partial charge in [-0.2, -0.15) is 0 Å². The van der Waals surface area contributed by atoms with Gasteiger partial charge in [0.2, 0.25) is 0 Å². The maximum Gasteiger partial charge on any atom is 0.261 e. The lowest BCUT2D eigenvalue weighted by Crippen LogP contribution is -2.39. The fourth-order valence-electron chi connectivity index (χ4n) is 4.07. The Kier molecular flexibility index (Phi) is 7.43. The Morgan fingerprint density at radius 3 is 2.64 bits per heavy atom. The van der Waals surface area contributed by atoms with Gasteiger partial charge in [-0.1, -0.05) is 42.5 Å². The highest BCUT2D eigenvalue weighted by atomic mass is 32.2. The van der Waals surface area contributed by atoms with E-state index in [0.29, 0.717) is 11.7 Å². The molecule has 1 amide bonds. The lowest BCUT2D eigenvalue weighted by atomic mass is 10.1. The van der Waals surface area contributed by atoms with Crippen LogP contribution in [0, 0.1) is 0 Å². The lowest BCUT2D eigenvalue weighted by molar-refractivity contribution is 0.0376. The summed E-state index contributed by atoms with van der Waals surface area (Å²) in [5.41, 5.74) is 2.22. The van der Waals surface area contributed by atoms with Gasteiger partial charge in [0.15, 0.2) is 15.0 Å². The fraction of sp³-hybridized carbons (Fsp3) is 0.417. The van der Waals surface area contributed by atoms with Gasteiger partial charge in [-0.15, -0.1) is 0 Å². The topological polar surface area (TPSA) is 79.8 Å². The first-order chi connectivity index (χ1) is 15.9. The van der Waals surface area contributed by atoms with Crippen LogP contribution in [0.25, 0.3) is 10.2 Å². The molecule has 0 saturated carbocycles. The first-order valence-electron chi connectivity index (χ1n) is 11.2. The minimum absolute atomic E-state index is 0.0449. The number of sulfone groups is 1. The lowest BCUT2D eigenvalue weighted by Gasteiger charge is -2.28. The average molecular weight is 488 g/mol. The molecule has 0 N–H and O–H groups in total. The molecule has 0 atom stereocenters. The Balaban J connectivity index is 1.68. The van der Waals surface area contributed by atoms with Crippen LogP contribution < -0.4 is 4.90 Å². The number of anilines is 1. The molecule has 33 heavy (non-hydrogen) atoms. The van der Waals surface area contributed by atoms with E-state index in [9.17, 15) is 13.2 Å². The van der Waals surface area contributed by atoms with E-state index in [1.807, 2.05) is 12.1 Å². The Hall–Kier alpha value is -2.33. The number of hydrogen-bond acceptors (Lipinski definition) is 7. The molecular weight excluding hydrogens is 458 g/mol. The van der Waals surface area contributed by atoms with Crippen molar-refractivity contribution in [2.24, 2.45) is 0 Å². The normalized spacial score (nSPS) is 15.1. The van der Waals surface area contributed by atoms with Crippen LogP contribution in [-0.2, 0) is 21.0 Å². The molecule has 0 bridgehead atoms. The largest absolute Gasteiger partial charge is 0.379 e. The molecule has 3 aromatic rings. The van der Waals surface area contributed by atoms with Gasteiger partial charge >= 0.3 is 0 Å². The van der Waals surface area contributed by atoms with Crippen LogP contribution in [0.2, 0.25) is 0 Å². The summed E-state index contributed by atoms with van der Waals surface area (Å²) in [6, 6.07) is 12.5. The third-order valence-corrected chi connectivity index (χ3v) is 8.02. The van der Waals surface area contributed by atoms with E-state index in [4.69, 9.17) is 9.72 Å². The van der Waals surface area contributed by atoms with Crippen molar-refractivity contribution in [2.45, 2.75) is 24.7 Å². The molecule has 0 unspecified atom stereocenters. The number of aryl methyl sites for hydroxylation is 1. The SMILES string of the molecule is CCc1cccc2sc(N(CCCN3CCOCC3)C(=O)c3ccccc3S(C)(=O)=O)nc12. The monoisotopic (exact) mass is 487 g/mol. The van der Waals surface area contributed by atoms with Crippen LogP contribution in [-0.4, -0.2) is 69.9 Å². The zero-order valence-corrected chi connectivity index (χ0v) is 20.6. The molecule has 2 aromatic carbocycles.